The highest BCUT2D eigenvalue weighted by Crippen LogP contribution is 2.24. The molecule has 4 heteroatoms. The summed E-state index contributed by atoms with van der Waals surface area (Å²) < 4.78 is 37.7. The van der Waals surface area contributed by atoms with Crippen molar-refractivity contribution in [1.29, 1.82) is 0 Å². The van der Waals surface area contributed by atoms with E-state index in [2.05, 4.69) is 6.92 Å². The van der Waals surface area contributed by atoms with Crippen molar-refractivity contribution < 1.29 is 13.2 Å². The normalized spacial score (nSPS) is 13.0. The van der Waals surface area contributed by atoms with E-state index < -0.39 is 29.2 Å². The van der Waals surface area contributed by atoms with Crippen LogP contribution in [0, 0.1) is 18.6 Å². The van der Waals surface area contributed by atoms with Crippen LogP contribution >= 0.6 is 11.6 Å². The monoisotopic (exact) mass is 207 g/mol. The molecule has 0 aliphatic carbocycles. The Morgan fingerprint density at radius 3 is 2.15 bits per heavy atom. The van der Waals surface area contributed by atoms with Crippen LogP contribution in [0.25, 0.3) is 0 Å². The molecule has 0 heterocycles. The van der Waals surface area contributed by atoms with Crippen LogP contribution in [-0.4, -0.2) is 6.67 Å². The van der Waals surface area contributed by atoms with Gasteiger partial charge in [0.15, 0.2) is 0 Å². The van der Waals surface area contributed by atoms with E-state index in [0.717, 1.165) is 12.1 Å². The molecule has 0 N–H and O–H groups in total. The molecular weight excluding hydrogens is 201 g/mol. The van der Waals surface area contributed by atoms with Crippen molar-refractivity contribution in [1.82, 2.24) is 0 Å². The van der Waals surface area contributed by atoms with E-state index in [4.69, 9.17) is 11.6 Å². The second kappa shape index (κ2) is 4.01. The first-order valence-corrected chi connectivity index (χ1v) is 3.97. The van der Waals surface area contributed by atoms with Gasteiger partial charge < -0.3 is 0 Å². The summed E-state index contributed by atoms with van der Waals surface area (Å²) in [6.07, 6.45) is 0. The second-order valence-corrected chi connectivity index (χ2v) is 3.03. The number of rotatable bonds is 2. The third kappa shape index (κ3) is 2.15. The van der Waals surface area contributed by atoms with E-state index in [1.54, 1.807) is 0 Å². The molecule has 1 aromatic rings. The fourth-order valence-electron chi connectivity index (χ4n) is 0.900. The van der Waals surface area contributed by atoms with Gasteiger partial charge in [0.1, 0.15) is 16.7 Å². The summed E-state index contributed by atoms with van der Waals surface area (Å²) in [5.41, 5.74) is 0.168. The number of hydrogen-bond donors (Lipinski definition) is 0. The average molecular weight is 208 g/mol. The Hall–Kier alpha value is -0.700. The SMILES string of the molecule is [CH2]C(CF)c1cc(F)c(Cl)c(F)c1. The molecule has 0 nitrogen and oxygen atoms in total. The molecule has 1 unspecified atom stereocenters. The van der Waals surface area contributed by atoms with Crippen LogP contribution in [0.4, 0.5) is 13.2 Å². The van der Waals surface area contributed by atoms with Gasteiger partial charge in [-0.15, -0.1) is 0 Å². The topological polar surface area (TPSA) is 0 Å². The van der Waals surface area contributed by atoms with Crippen molar-refractivity contribution in [2.24, 2.45) is 0 Å². The minimum atomic E-state index is -0.890. The zero-order valence-corrected chi connectivity index (χ0v) is 7.41. The van der Waals surface area contributed by atoms with E-state index in [1.807, 2.05) is 0 Å². The molecule has 0 aliphatic rings. The van der Waals surface area contributed by atoms with Gasteiger partial charge in [0.2, 0.25) is 0 Å². The Morgan fingerprint density at radius 2 is 1.77 bits per heavy atom. The van der Waals surface area contributed by atoms with Crippen LogP contribution in [-0.2, 0) is 0 Å². The third-order valence-corrected chi connectivity index (χ3v) is 2.02. The minimum absolute atomic E-state index is 0.168. The van der Waals surface area contributed by atoms with Gasteiger partial charge in [-0.2, -0.15) is 0 Å². The van der Waals surface area contributed by atoms with Crippen molar-refractivity contribution in [3.05, 3.63) is 41.3 Å². The van der Waals surface area contributed by atoms with Crippen LogP contribution in [0.3, 0.4) is 0 Å². The fourth-order valence-corrected chi connectivity index (χ4v) is 1.01. The van der Waals surface area contributed by atoms with Crippen molar-refractivity contribution in [3.63, 3.8) is 0 Å². The molecule has 0 saturated carbocycles. The standard InChI is InChI=1S/C9H7ClF3/c1-5(4-11)6-2-7(12)9(10)8(13)3-6/h2-3,5H,1,4H2. The Balaban J connectivity index is 3.13. The third-order valence-electron chi connectivity index (χ3n) is 1.66. The molecule has 0 bridgehead atoms. The van der Waals surface area contributed by atoms with Gasteiger partial charge >= 0.3 is 0 Å². The second-order valence-electron chi connectivity index (χ2n) is 2.65. The minimum Gasteiger partial charge on any atom is -0.250 e. The number of alkyl halides is 1. The van der Waals surface area contributed by atoms with E-state index in [9.17, 15) is 13.2 Å². The lowest BCUT2D eigenvalue weighted by molar-refractivity contribution is 0.462. The first kappa shape index (κ1) is 10.4. The van der Waals surface area contributed by atoms with Crippen LogP contribution in [0.2, 0.25) is 5.02 Å². The lowest BCUT2D eigenvalue weighted by Crippen LogP contribution is -1.98. The van der Waals surface area contributed by atoms with E-state index in [-0.39, 0.29) is 5.56 Å². The summed E-state index contributed by atoms with van der Waals surface area (Å²) in [7, 11) is 0. The Bertz CT molecular complexity index is 289. The lowest BCUT2D eigenvalue weighted by Gasteiger charge is -2.07. The first-order valence-electron chi connectivity index (χ1n) is 3.59. The molecule has 0 saturated heterocycles. The number of hydrogen-bond acceptors (Lipinski definition) is 0. The highest BCUT2D eigenvalue weighted by atomic mass is 35.5. The smallest absolute Gasteiger partial charge is 0.145 e. The summed E-state index contributed by atoms with van der Waals surface area (Å²) in [6.45, 7) is 2.62. The zero-order valence-electron chi connectivity index (χ0n) is 6.66. The van der Waals surface area contributed by atoms with Gasteiger partial charge in [0.05, 0.1) is 6.67 Å². The molecular formula is C9H7ClF3. The van der Waals surface area contributed by atoms with Crippen molar-refractivity contribution in [2.75, 3.05) is 6.67 Å². The quantitative estimate of drug-likeness (QED) is 0.651. The molecule has 0 amide bonds. The molecule has 0 aromatic heterocycles. The summed E-state index contributed by atoms with van der Waals surface area (Å²) in [4.78, 5) is 0. The average Bonchev–Trinajstić information content (AvgIpc) is 2.12. The molecule has 0 fully saturated rings. The van der Waals surface area contributed by atoms with Gasteiger partial charge in [-0.25, -0.2) is 8.78 Å². The molecule has 1 atom stereocenters. The van der Waals surface area contributed by atoms with Crippen LogP contribution in [0.1, 0.15) is 11.5 Å². The van der Waals surface area contributed by atoms with Crippen LogP contribution in [0.5, 0.6) is 0 Å². The van der Waals surface area contributed by atoms with Crippen LogP contribution < -0.4 is 0 Å². The van der Waals surface area contributed by atoms with Gasteiger partial charge in [-0.3, -0.25) is 4.39 Å². The fraction of sp³-hybridized carbons (Fsp3) is 0.222. The lowest BCUT2D eigenvalue weighted by atomic mass is 10.0. The number of halogens is 4. The molecule has 1 rings (SSSR count). The Kier molecular flexibility index (Phi) is 3.20. The zero-order chi connectivity index (χ0) is 10.0. The maximum absolute atomic E-state index is 12.8. The summed E-state index contributed by atoms with van der Waals surface area (Å²) >= 11 is 5.23. The first-order chi connectivity index (χ1) is 6.06. The molecule has 13 heavy (non-hydrogen) atoms. The molecule has 1 aromatic carbocycles. The molecule has 0 spiro atoms. The van der Waals surface area contributed by atoms with E-state index in [0.29, 0.717) is 0 Å². The van der Waals surface area contributed by atoms with Gasteiger partial charge in [-0.1, -0.05) is 11.6 Å². The van der Waals surface area contributed by atoms with Crippen molar-refractivity contribution >= 4 is 11.6 Å². The predicted molar refractivity (Wildman–Crippen MR) is 45.4 cm³/mol. The molecule has 1 radical (unpaired) electrons. The summed E-state index contributed by atoms with van der Waals surface area (Å²) in [5.74, 6) is -2.54. The van der Waals surface area contributed by atoms with Crippen molar-refractivity contribution in [2.45, 2.75) is 5.92 Å². The highest BCUT2D eigenvalue weighted by Gasteiger charge is 2.12. The number of benzene rings is 1. The van der Waals surface area contributed by atoms with Crippen molar-refractivity contribution in [3.8, 4) is 0 Å². The van der Waals surface area contributed by atoms with Gasteiger partial charge in [0, 0.05) is 5.92 Å². The molecule has 71 valence electrons. The van der Waals surface area contributed by atoms with E-state index in [1.165, 1.54) is 0 Å². The summed E-state index contributed by atoms with van der Waals surface area (Å²) in [6, 6.07) is 1.98. The van der Waals surface area contributed by atoms with E-state index >= 15 is 0 Å². The largest absolute Gasteiger partial charge is 0.250 e. The maximum atomic E-state index is 12.8. The highest BCUT2D eigenvalue weighted by molar-refractivity contribution is 6.30. The predicted octanol–water partition coefficient (Wildman–Crippen LogP) is 3.51. The van der Waals surface area contributed by atoms with Gasteiger partial charge in [0.25, 0.3) is 0 Å². The summed E-state index contributed by atoms with van der Waals surface area (Å²) in [5, 5.41) is -0.574. The maximum Gasteiger partial charge on any atom is 0.145 e. The van der Waals surface area contributed by atoms with Crippen LogP contribution in [0.15, 0.2) is 12.1 Å². The molecule has 0 aliphatic heterocycles. The Labute approximate surface area is 79.3 Å². The Morgan fingerprint density at radius 1 is 1.31 bits per heavy atom. The van der Waals surface area contributed by atoms with Gasteiger partial charge in [-0.05, 0) is 24.6 Å².